The van der Waals surface area contributed by atoms with E-state index in [1.807, 2.05) is 6.92 Å². The van der Waals surface area contributed by atoms with Crippen LogP contribution in [0, 0.1) is 17.3 Å². The molecule has 34 heavy (non-hydrogen) atoms. The Bertz CT molecular complexity index is 1290. The van der Waals surface area contributed by atoms with Crippen molar-refractivity contribution >= 4 is 14.0 Å². The second kappa shape index (κ2) is 9.75. The van der Waals surface area contributed by atoms with E-state index in [4.69, 9.17) is 9.47 Å². The number of aromatic nitrogens is 4. The summed E-state index contributed by atoms with van der Waals surface area (Å²) in [6, 6.07) is 3.17. The van der Waals surface area contributed by atoms with E-state index in [1.165, 1.54) is 12.3 Å². The van der Waals surface area contributed by atoms with Crippen molar-refractivity contribution in [2.24, 2.45) is 0 Å². The molecule has 0 saturated heterocycles. The fraction of sp³-hybridized carbons (Fsp3) is 0.333. The maximum absolute atomic E-state index is 15.5. The number of carbonyl (C=O) groups excluding carboxylic acids is 1. The molecule has 2 N–H and O–H groups in total. The first-order valence-electron chi connectivity index (χ1n) is 11.0. The van der Waals surface area contributed by atoms with Crippen LogP contribution in [0.1, 0.15) is 34.4 Å². The number of ether oxygens (including phenoxy) is 2. The zero-order valence-electron chi connectivity index (χ0n) is 19.6. The third-order valence-corrected chi connectivity index (χ3v) is 5.86. The van der Waals surface area contributed by atoms with E-state index in [0.717, 1.165) is 5.69 Å². The third kappa shape index (κ3) is 5.32. The minimum Gasteiger partial charge on any atom is -0.417 e. The quantitative estimate of drug-likeness (QED) is 0.411. The summed E-state index contributed by atoms with van der Waals surface area (Å²) in [5, 5.41) is 2.79. The Labute approximate surface area is 198 Å². The summed E-state index contributed by atoms with van der Waals surface area (Å²) in [4.78, 5) is 28.0. The number of nitrogens with one attached hydrogen (secondary N) is 2. The highest BCUT2D eigenvalue weighted by atomic mass is 28.3. The van der Waals surface area contributed by atoms with Crippen molar-refractivity contribution in [3.8, 4) is 34.5 Å². The first-order chi connectivity index (χ1) is 16.2. The van der Waals surface area contributed by atoms with Crippen molar-refractivity contribution in [2.45, 2.75) is 39.6 Å². The lowest BCUT2D eigenvalue weighted by Crippen LogP contribution is -2.31. The van der Waals surface area contributed by atoms with Gasteiger partial charge in [-0.05, 0) is 25.0 Å². The average molecular weight is 480 g/mol. The Morgan fingerprint density at radius 2 is 2.03 bits per heavy atom. The molecule has 0 bridgehead atoms. The Kier molecular flexibility index (Phi) is 6.76. The monoisotopic (exact) mass is 479 g/mol. The van der Waals surface area contributed by atoms with Gasteiger partial charge in [0.1, 0.15) is 8.07 Å². The minimum atomic E-state index is -1.64. The van der Waals surface area contributed by atoms with Gasteiger partial charge in [-0.2, -0.15) is 4.98 Å². The number of pyridine rings is 1. The van der Waals surface area contributed by atoms with E-state index in [2.05, 4.69) is 56.4 Å². The Morgan fingerprint density at radius 3 is 2.76 bits per heavy atom. The molecule has 0 aliphatic carbocycles. The molecule has 3 aromatic rings. The van der Waals surface area contributed by atoms with Gasteiger partial charge in [-0.25, -0.2) is 14.4 Å². The Hall–Kier alpha value is -3.55. The number of hydrogen-bond donors (Lipinski definition) is 2. The normalized spacial score (nSPS) is 13.0. The van der Waals surface area contributed by atoms with E-state index >= 15 is 4.39 Å². The fourth-order valence-corrected chi connectivity index (χ4v) is 3.81. The maximum Gasteiger partial charge on any atom is 0.258 e. The van der Waals surface area contributed by atoms with Crippen molar-refractivity contribution in [1.82, 2.24) is 25.3 Å². The van der Waals surface area contributed by atoms with E-state index in [0.29, 0.717) is 36.4 Å². The van der Waals surface area contributed by atoms with Gasteiger partial charge in [-0.1, -0.05) is 19.6 Å². The molecule has 176 valence electrons. The molecule has 8 nitrogen and oxygen atoms in total. The molecule has 0 atom stereocenters. The topological polar surface area (TPSA) is 102 Å². The van der Waals surface area contributed by atoms with Crippen LogP contribution >= 0.6 is 0 Å². The van der Waals surface area contributed by atoms with Gasteiger partial charge in [0.2, 0.25) is 11.7 Å². The van der Waals surface area contributed by atoms with Crippen molar-refractivity contribution in [2.75, 3.05) is 13.2 Å². The second-order valence-electron chi connectivity index (χ2n) is 8.82. The van der Waals surface area contributed by atoms with Crippen LogP contribution in [0.5, 0.6) is 11.8 Å². The number of halogens is 1. The summed E-state index contributed by atoms with van der Waals surface area (Å²) in [6.07, 6.45) is 3.68. The molecule has 4 heterocycles. The van der Waals surface area contributed by atoms with Crippen LogP contribution in [0.3, 0.4) is 0 Å². The lowest BCUT2D eigenvalue weighted by atomic mass is 10.1. The Balaban J connectivity index is 1.69. The van der Waals surface area contributed by atoms with Crippen LogP contribution in [0.25, 0.3) is 11.3 Å². The lowest BCUT2D eigenvalue weighted by Gasteiger charge is -2.11. The standard InChI is InChI=1S/C24H26FN5O3Si/c1-5-32-14-15-13-28-20(8-11-34(2,3)4)30-23(15)33-24-21(25)16(6-9-27-24)19-12-17-18(29-19)7-10-26-22(17)31/h6,9,12-13,29H,5,7,10,14H2,1-4H3,(H,26,31). The predicted molar refractivity (Wildman–Crippen MR) is 128 cm³/mol. The molecule has 0 aromatic carbocycles. The van der Waals surface area contributed by atoms with Crippen LogP contribution in [0.2, 0.25) is 19.6 Å². The molecule has 0 unspecified atom stereocenters. The predicted octanol–water partition coefficient (Wildman–Crippen LogP) is 3.85. The largest absolute Gasteiger partial charge is 0.417 e. The van der Waals surface area contributed by atoms with Gasteiger partial charge in [0.05, 0.1) is 17.7 Å². The van der Waals surface area contributed by atoms with Gasteiger partial charge in [-0.3, -0.25) is 4.79 Å². The van der Waals surface area contributed by atoms with E-state index in [-0.39, 0.29) is 35.7 Å². The number of carbonyl (C=O) groups is 1. The molecular formula is C24H26FN5O3Si. The minimum absolute atomic E-state index is 0.136. The zero-order valence-corrected chi connectivity index (χ0v) is 20.6. The number of nitrogens with zero attached hydrogens (tertiary/aromatic N) is 3. The van der Waals surface area contributed by atoms with E-state index < -0.39 is 13.9 Å². The SMILES string of the molecule is CCOCc1cnc(C#C[Si](C)(C)C)nc1Oc1nccc(-c2cc3c([nH]2)CCNC3=O)c1F. The van der Waals surface area contributed by atoms with Gasteiger partial charge < -0.3 is 19.8 Å². The average Bonchev–Trinajstić information content (AvgIpc) is 3.23. The van der Waals surface area contributed by atoms with Crippen LogP contribution in [-0.4, -0.2) is 47.1 Å². The molecule has 1 aliphatic heterocycles. The summed E-state index contributed by atoms with van der Waals surface area (Å²) in [6.45, 7) is 9.46. The van der Waals surface area contributed by atoms with Crippen LogP contribution < -0.4 is 10.1 Å². The lowest BCUT2D eigenvalue weighted by molar-refractivity contribution is 0.0946. The summed E-state index contributed by atoms with van der Waals surface area (Å²) in [7, 11) is -1.64. The second-order valence-corrected chi connectivity index (χ2v) is 13.6. The smallest absolute Gasteiger partial charge is 0.258 e. The summed E-state index contributed by atoms with van der Waals surface area (Å²) < 4.78 is 26.8. The molecular weight excluding hydrogens is 453 g/mol. The van der Waals surface area contributed by atoms with E-state index in [9.17, 15) is 4.79 Å². The highest BCUT2D eigenvalue weighted by molar-refractivity contribution is 6.83. The van der Waals surface area contributed by atoms with Gasteiger partial charge in [0.15, 0.2) is 5.82 Å². The van der Waals surface area contributed by atoms with Gasteiger partial charge in [0, 0.05) is 48.9 Å². The summed E-state index contributed by atoms with van der Waals surface area (Å²) in [5.74, 6) is 2.33. The molecule has 1 aliphatic rings. The van der Waals surface area contributed by atoms with Gasteiger partial charge >= 0.3 is 0 Å². The molecule has 0 fully saturated rings. The Morgan fingerprint density at radius 1 is 1.21 bits per heavy atom. The van der Waals surface area contributed by atoms with Gasteiger partial charge in [-0.15, -0.1) is 5.54 Å². The highest BCUT2D eigenvalue weighted by Crippen LogP contribution is 2.32. The van der Waals surface area contributed by atoms with Crippen molar-refractivity contribution in [3.63, 3.8) is 0 Å². The third-order valence-electron chi connectivity index (χ3n) is 4.98. The van der Waals surface area contributed by atoms with E-state index in [1.54, 1.807) is 12.3 Å². The van der Waals surface area contributed by atoms with Crippen molar-refractivity contribution in [1.29, 1.82) is 0 Å². The van der Waals surface area contributed by atoms with Crippen LogP contribution in [0.15, 0.2) is 24.5 Å². The molecule has 0 saturated carbocycles. The van der Waals surface area contributed by atoms with Crippen LogP contribution in [0.4, 0.5) is 4.39 Å². The number of H-pyrrole nitrogens is 1. The number of hydrogen-bond acceptors (Lipinski definition) is 6. The zero-order chi connectivity index (χ0) is 24.3. The molecule has 10 heteroatoms. The van der Waals surface area contributed by atoms with Crippen LogP contribution in [-0.2, 0) is 17.8 Å². The van der Waals surface area contributed by atoms with Gasteiger partial charge in [0.25, 0.3) is 11.8 Å². The fourth-order valence-electron chi connectivity index (χ4n) is 3.33. The highest BCUT2D eigenvalue weighted by Gasteiger charge is 2.23. The number of amides is 1. The summed E-state index contributed by atoms with van der Waals surface area (Å²) >= 11 is 0. The molecule has 4 rings (SSSR count). The first kappa shape index (κ1) is 23.6. The summed E-state index contributed by atoms with van der Waals surface area (Å²) in [5.41, 5.74) is 5.78. The maximum atomic E-state index is 15.5. The van der Waals surface area contributed by atoms with Crippen molar-refractivity contribution < 1.29 is 18.7 Å². The van der Waals surface area contributed by atoms with Crippen molar-refractivity contribution in [3.05, 3.63) is 53.0 Å². The molecule has 0 spiro atoms. The number of rotatable bonds is 6. The number of fused-ring (bicyclic) bond motifs is 1. The first-order valence-corrected chi connectivity index (χ1v) is 14.5. The molecule has 3 aromatic heterocycles. The molecule has 0 radical (unpaired) electrons. The molecule has 1 amide bonds. The number of aromatic amines is 1.